The predicted octanol–water partition coefficient (Wildman–Crippen LogP) is 3.67. The summed E-state index contributed by atoms with van der Waals surface area (Å²) in [7, 11) is 1.66. The number of rotatable bonds is 4. The molecule has 84 valence electrons. The number of thiophene rings is 1. The molecule has 0 bridgehead atoms. The molecule has 2 aromatic heterocycles. The summed E-state index contributed by atoms with van der Waals surface area (Å²) in [5, 5.41) is 1.97. The third-order valence-electron chi connectivity index (χ3n) is 2.30. The summed E-state index contributed by atoms with van der Waals surface area (Å²) in [6.45, 7) is 0. The molecule has 2 nitrogen and oxygen atoms in total. The maximum absolute atomic E-state index is 6.35. The Balaban J connectivity index is 2.05. The van der Waals surface area contributed by atoms with Gasteiger partial charge >= 0.3 is 0 Å². The van der Waals surface area contributed by atoms with Crippen molar-refractivity contribution in [2.75, 3.05) is 7.11 Å². The van der Waals surface area contributed by atoms with Crippen LogP contribution in [0.2, 0.25) is 0 Å². The molecule has 4 heteroatoms. The third kappa shape index (κ3) is 2.74. The van der Waals surface area contributed by atoms with Gasteiger partial charge in [0.25, 0.3) is 0 Å². The molecule has 0 N–H and O–H groups in total. The van der Waals surface area contributed by atoms with Crippen molar-refractivity contribution in [3.63, 3.8) is 0 Å². The SMILES string of the molecule is COc1csc(C(Cl)Cc2ccncc2)c1. The Hall–Kier alpha value is -1.06. The van der Waals surface area contributed by atoms with Crippen molar-refractivity contribution in [1.82, 2.24) is 4.98 Å². The normalized spacial score (nSPS) is 12.4. The number of pyridine rings is 1. The molecule has 2 heterocycles. The second-order valence-corrected chi connectivity index (χ2v) is 4.89. The molecule has 2 aromatic rings. The van der Waals surface area contributed by atoms with Crippen LogP contribution in [0.4, 0.5) is 0 Å². The van der Waals surface area contributed by atoms with Gasteiger partial charge in [-0.25, -0.2) is 0 Å². The van der Waals surface area contributed by atoms with E-state index in [1.807, 2.05) is 23.6 Å². The standard InChI is InChI=1S/C12H12ClNOS/c1-15-10-7-12(16-8-10)11(13)6-9-2-4-14-5-3-9/h2-5,7-8,11H,6H2,1H3. The van der Waals surface area contributed by atoms with Gasteiger partial charge in [0, 0.05) is 22.7 Å². The first-order valence-electron chi connectivity index (χ1n) is 4.95. The smallest absolute Gasteiger partial charge is 0.129 e. The highest BCUT2D eigenvalue weighted by atomic mass is 35.5. The van der Waals surface area contributed by atoms with Gasteiger partial charge in [0.05, 0.1) is 12.5 Å². The average molecular weight is 254 g/mol. The highest BCUT2D eigenvalue weighted by Gasteiger charge is 2.11. The zero-order valence-electron chi connectivity index (χ0n) is 8.89. The first kappa shape index (κ1) is 11.4. The number of aromatic nitrogens is 1. The van der Waals surface area contributed by atoms with Crippen molar-refractivity contribution in [2.24, 2.45) is 0 Å². The molecule has 0 saturated carbocycles. The van der Waals surface area contributed by atoms with E-state index in [4.69, 9.17) is 16.3 Å². The number of nitrogens with zero attached hydrogens (tertiary/aromatic N) is 1. The minimum Gasteiger partial charge on any atom is -0.496 e. The average Bonchev–Trinajstić information content (AvgIpc) is 2.79. The Morgan fingerprint density at radius 2 is 2.19 bits per heavy atom. The van der Waals surface area contributed by atoms with E-state index in [0.29, 0.717) is 0 Å². The fourth-order valence-corrected chi connectivity index (χ4v) is 2.66. The zero-order valence-corrected chi connectivity index (χ0v) is 10.5. The van der Waals surface area contributed by atoms with Gasteiger partial charge in [-0.3, -0.25) is 4.98 Å². The molecule has 16 heavy (non-hydrogen) atoms. The summed E-state index contributed by atoms with van der Waals surface area (Å²) < 4.78 is 5.14. The molecule has 2 rings (SSSR count). The second kappa shape index (κ2) is 5.32. The summed E-state index contributed by atoms with van der Waals surface area (Å²) in [6, 6.07) is 5.96. The molecular weight excluding hydrogens is 242 g/mol. The summed E-state index contributed by atoms with van der Waals surface area (Å²) in [5.74, 6) is 0.875. The van der Waals surface area contributed by atoms with Gasteiger partial charge in [-0.05, 0) is 30.2 Å². The van der Waals surface area contributed by atoms with Gasteiger partial charge in [0.2, 0.25) is 0 Å². The van der Waals surface area contributed by atoms with Crippen molar-refractivity contribution < 1.29 is 4.74 Å². The van der Waals surface area contributed by atoms with Gasteiger partial charge < -0.3 is 4.74 Å². The molecule has 0 saturated heterocycles. The molecule has 0 aliphatic heterocycles. The van der Waals surface area contributed by atoms with Crippen LogP contribution >= 0.6 is 22.9 Å². The van der Waals surface area contributed by atoms with E-state index < -0.39 is 0 Å². The highest BCUT2D eigenvalue weighted by molar-refractivity contribution is 7.10. The molecule has 0 spiro atoms. The fourth-order valence-electron chi connectivity index (χ4n) is 1.43. The van der Waals surface area contributed by atoms with Crippen LogP contribution in [0.3, 0.4) is 0 Å². The Labute approximate surface area is 104 Å². The minimum atomic E-state index is -0.00343. The lowest BCUT2D eigenvalue weighted by atomic mass is 10.1. The molecule has 0 fully saturated rings. The molecule has 0 aliphatic carbocycles. The Bertz CT molecular complexity index is 443. The fraction of sp³-hybridized carbons (Fsp3) is 0.250. The van der Waals surface area contributed by atoms with Crippen molar-refractivity contribution in [3.8, 4) is 5.75 Å². The van der Waals surface area contributed by atoms with Crippen molar-refractivity contribution in [1.29, 1.82) is 0 Å². The third-order valence-corrected chi connectivity index (χ3v) is 3.85. The van der Waals surface area contributed by atoms with E-state index in [1.165, 1.54) is 5.56 Å². The minimum absolute atomic E-state index is 0.00343. The number of hydrogen-bond acceptors (Lipinski definition) is 3. The van der Waals surface area contributed by atoms with Crippen LogP contribution in [-0.2, 0) is 6.42 Å². The van der Waals surface area contributed by atoms with E-state index in [-0.39, 0.29) is 5.38 Å². The van der Waals surface area contributed by atoms with Gasteiger partial charge in [-0.1, -0.05) is 0 Å². The van der Waals surface area contributed by atoms with Crippen molar-refractivity contribution in [3.05, 3.63) is 46.4 Å². The van der Waals surface area contributed by atoms with Gasteiger partial charge in [-0.2, -0.15) is 0 Å². The number of halogens is 1. The second-order valence-electron chi connectivity index (χ2n) is 3.42. The monoisotopic (exact) mass is 253 g/mol. The zero-order chi connectivity index (χ0) is 11.4. The van der Waals surface area contributed by atoms with Gasteiger partial charge in [0.1, 0.15) is 5.75 Å². The van der Waals surface area contributed by atoms with Crippen LogP contribution in [0, 0.1) is 0 Å². The van der Waals surface area contributed by atoms with E-state index in [2.05, 4.69) is 4.98 Å². The van der Waals surface area contributed by atoms with Crippen LogP contribution in [0.15, 0.2) is 36.0 Å². The quantitative estimate of drug-likeness (QED) is 0.776. The number of hydrogen-bond donors (Lipinski definition) is 0. The summed E-state index contributed by atoms with van der Waals surface area (Å²) >= 11 is 7.97. The number of ether oxygens (including phenoxy) is 1. The van der Waals surface area contributed by atoms with Crippen LogP contribution in [0.5, 0.6) is 5.75 Å². The van der Waals surface area contributed by atoms with Gasteiger partial charge in [0.15, 0.2) is 0 Å². The van der Waals surface area contributed by atoms with E-state index in [9.17, 15) is 0 Å². The molecule has 0 amide bonds. The molecule has 1 unspecified atom stereocenters. The van der Waals surface area contributed by atoms with Crippen LogP contribution < -0.4 is 4.74 Å². The first-order valence-corrected chi connectivity index (χ1v) is 6.26. The molecule has 0 aromatic carbocycles. The summed E-state index contributed by atoms with van der Waals surface area (Å²) in [5.41, 5.74) is 1.20. The Kier molecular flexibility index (Phi) is 3.80. The van der Waals surface area contributed by atoms with Crippen LogP contribution in [0.1, 0.15) is 15.8 Å². The lowest BCUT2D eigenvalue weighted by molar-refractivity contribution is 0.416. The Morgan fingerprint density at radius 1 is 1.44 bits per heavy atom. The first-order chi connectivity index (χ1) is 7.79. The van der Waals surface area contributed by atoms with E-state index in [1.54, 1.807) is 30.8 Å². The maximum atomic E-state index is 6.35. The van der Waals surface area contributed by atoms with Crippen molar-refractivity contribution >= 4 is 22.9 Å². The van der Waals surface area contributed by atoms with Crippen LogP contribution in [-0.4, -0.2) is 12.1 Å². The van der Waals surface area contributed by atoms with Crippen LogP contribution in [0.25, 0.3) is 0 Å². The molecule has 0 radical (unpaired) electrons. The predicted molar refractivity (Wildman–Crippen MR) is 67.4 cm³/mol. The highest BCUT2D eigenvalue weighted by Crippen LogP contribution is 2.32. The summed E-state index contributed by atoms with van der Waals surface area (Å²) in [6.07, 6.45) is 4.38. The maximum Gasteiger partial charge on any atom is 0.129 e. The number of alkyl halides is 1. The van der Waals surface area contributed by atoms with Crippen molar-refractivity contribution in [2.45, 2.75) is 11.8 Å². The number of methoxy groups -OCH3 is 1. The van der Waals surface area contributed by atoms with E-state index >= 15 is 0 Å². The van der Waals surface area contributed by atoms with E-state index in [0.717, 1.165) is 17.0 Å². The largest absolute Gasteiger partial charge is 0.496 e. The van der Waals surface area contributed by atoms with Gasteiger partial charge in [-0.15, -0.1) is 22.9 Å². The molecule has 0 aliphatic rings. The lowest BCUT2D eigenvalue weighted by Gasteiger charge is -2.06. The molecular formula is C12H12ClNOS. The summed E-state index contributed by atoms with van der Waals surface area (Å²) in [4.78, 5) is 5.12. The molecule has 1 atom stereocenters. The lowest BCUT2D eigenvalue weighted by Crippen LogP contribution is -1.93. The Morgan fingerprint density at radius 3 is 2.81 bits per heavy atom. The topological polar surface area (TPSA) is 22.1 Å².